The van der Waals surface area contributed by atoms with Gasteiger partial charge in [0.25, 0.3) is 0 Å². The van der Waals surface area contributed by atoms with E-state index in [4.69, 9.17) is 14.2 Å². The Morgan fingerprint density at radius 3 is 2.68 bits per heavy atom. The number of nitrogens with zero attached hydrogens (tertiary/aromatic N) is 1. The first kappa shape index (κ1) is 19.1. The van der Waals surface area contributed by atoms with E-state index in [0.717, 1.165) is 5.56 Å². The van der Waals surface area contributed by atoms with Crippen molar-refractivity contribution >= 4 is 11.8 Å². The zero-order valence-electron chi connectivity index (χ0n) is 15.0. The average Bonchev–Trinajstić information content (AvgIpc) is 3.00. The number of nitrogens with one attached hydrogen (secondary N) is 1. The van der Waals surface area contributed by atoms with E-state index < -0.39 is 0 Å². The van der Waals surface area contributed by atoms with Crippen LogP contribution in [0.15, 0.2) is 18.2 Å². The van der Waals surface area contributed by atoms with Crippen LogP contribution in [0.2, 0.25) is 0 Å². The van der Waals surface area contributed by atoms with Crippen LogP contribution in [0.25, 0.3) is 0 Å². The lowest BCUT2D eigenvalue weighted by atomic mass is 10.1. The number of methoxy groups -OCH3 is 3. The van der Waals surface area contributed by atoms with E-state index in [2.05, 4.69) is 5.32 Å². The molecule has 0 aliphatic carbocycles. The molecule has 1 fully saturated rings. The first-order chi connectivity index (χ1) is 12.1. The van der Waals surface area contributed by atoms with Gasteiger partial charge in [-0.1, -0.05) is 6.07 Å². The van der Waals surface area contributed by atoms with Crippen molar-refractivity contribution in [2.45, 2.75) is 12.8 Å². The van der Waals surface area contributed by atoms with E-state index >= 15 is 0 Å². The van der Waals surface area contributed by atoms with Gasteiger partial charge in [0.05, 0.1) is 26.7 Å². The molecule has 1 saturated heterocycles. The molecule has 1 aliphatic rings. The Morgan fingerprint density at radius 2 is 2.00 bits per heavy atom. The lowest BCUT2D eigenvalue weighted by molar-refractivity contribution is -0.129. The van der Waals surface area contributed by atoms with Crippen LogP contribution in [0.3, 0.4) is 0 Å². The first-order valence-corrected chi connectivity index (χ1v) is 8.34. The predicted octanol–water partition coefficient (Wildman–Crippen LogP) is 0.857. The van der Waals surface area contributed by atoms with Gasteiger partial charge in [0.15, 0.2) is 11.5 Å². The highest BCUT2D eigenvalue weighted by molar-refractivity contribution is 5.89. The monoisotopic (exact) mass is 350 g/mol. The van der Waals surface area contributed by atoms with Crippen LogP contribution in [0.4, 0.5) is 0 Å². The number of hydrogen-bond acceptors (Lipinski definition) is 5. The number of carbonyl (C=O) groups is 2. The third-order valence-electron chi connectivity index (χ3n) is 4.31. The molecule has 1 aromatic rings. The Bertz CT molecular complexity index is 605. The number of rotatable bonds is 9. The first-order valence-electron chi connectivity index (χ1n) is 8.34. The summed E-state index contributed by atoms with van der Waals surface area (Å²) in [5.74, 6) is 1.00. The van der Waals surface area contributed by atoms with Crippen LogP contribution in [0.1, 0.15) is 12.0 Å². The highest BCUT2D eigenvalue weighted by Crippen LogP contribution is 2.28. The van der Waals surface area contributed by atoms with Crippen LogP contribution in [-0.4, -0.2) is 64.3 Å². The van der Waals surface area contributed by atoms with Gasteiger partial charge in [0, 0.05) is 33.2 Å². The summed E-state index contributed by atoms with van der Waals surface area (Å²) >= 11 is 0. The second-order valence-electron chi connectivity index (χ2n) is 5.96. The molecular weight excluding hydrogens is 324 g/mol. The largest absolute Gasteiger partial charge is 0.493 e. The van der Waals surface area contributed by atoms with Crippen molar-refractivity contribution in [3.63, 3.8) is 0 Å². The Balaban J connectivity index is 1.87. The molecule has 2 amide bonds. The average molecular weight is 350 g/mol. The molecule has 0 bridgehead atoms. The van der Waals surface area contributed by atoms with Crippen molar-refractivity contribution in [3.05, 3.63) is 23.8 Å². The maximum Gasteiger partial charge on any atom is 0.225 e. The van der Waals surface area contributed by atoms with E-state index in [1.807, 2.05) is 18.2 Å². The molecule has 0 spiro atoms. The standard InChI is InChI=1S/C18H26N2O5/c1-23-9-7-19-18(22)14-11-17(21)20(12-14)8-6-13-4-5-15(24-2)16(10-13)25-3/h4-5,10,14H,6-9,11-12H2,1-3H3,(H,19,22)/t14-/m1/s1. The second-order valence-corrected chi connectivity index (χ2v) is 5.96. The summed E-state index contributed by atoms with van der Waals surface area (Å²) in [4.78, 5) is 26.0. The molecule has 1 aliphatic heterocycles. The molecule has 0 unspecified atom stereocenters. The second kappa shape index (κ2) is 9.27. The van der Waals surface area contributed by atoms with Crippen molar-refractivity contribution in [2.24, 2.45) is 5.92 Å². The van der Waals surface area contributed by atoms with E-state index in [0.29, 0.717) is 44.2 Å². The maximum absolute atomic E-state index is 12.1. The Labute approximate surface area is 148 Å². The molecule has 0 radical (unpaired) electrons. The van der Waals surface area contributed by atoms with Gasteiger partial charge in [-0.05, 0) is 24.1 Å². The number of benzene rings is 1. The van der Waals surface area contributed by atoms with Gasteiger partial charge >= 0.3 is 0 Å². The number of ether oxygens (including phenoxy) is 3. The quantitative estimate of drug-likeness (QED) is 0.669. The molecule has 0 saturated carbocycles. The van der Waals surface area contributed by atoms with Crippen LogP contribution in [0, 0.1) is 5.92 Å². The smallest absolute Gasteiger partial charge is 0.225 e. The molecule has 7 heteroatoms. The number of amides is 2. The van der Waals surface area contributed by atoms with Gasteiger partial charge in [0.1, 0.15) is 0 Å². The van der Waals surface area contributed by atoms with E-state index in [1.54, 1.807) is 26.2 Å². The van der Waals surface area contributed by atoms with Crippen molar-refractivity contribution in [1.29, 1.82) is 0 Å². The minimum absolute atomic E-state index is 0.0207. The normalized spacial score (nSPS) is 16.8. The van der Waals surface area contributed by atoms with Gasteiger partial charge in [0.2, 0.25) is 11.8 Å². The third kappa shape index (κ3) is 5.09. The van der Waals surface area contributed by atoms with Gasteiger partial charge in [-0.15, -0.1) is 0 Å². The van der Waals surface area contributed by atoms with Crippen molar-refractivity contribution in [1.82, 2.24) is 10.2 Å². The third-order valence-corrected chi connectivity index (χ3v) is 4.31. The van der Waals surface area contributed by atoms with E-state index in [9.17, 15) is 9.59 Å². The molecular formula is C18H26N2O5. The van der Waals surface area contributed by atoms with Crippen molar-refractivity contribution in [2.75, 3.05) is 47.6 Å². The maximum atomic E-state index is 12.1. The lowest BCUT2D eigenvalue weighted by Gasteiger charge is -2.17. The lowest BCUT2D eigenvalue weighted by Crippen LogP contribution is -2.35. The topological polar surface area (TPSA) is 77.1 Å². The molecule has 138 valence electrons. The summed E-state index contributed by atoms with van der Waals surface area (Å²) in [7, 11) is 4.78. The molecule has 1 atom stereocenters. The number of likely N-dealkylation sites (tertiary alicyclic amines) is 1. The van der Waals surface area contributed by atoms with Crippen molar-refractivity contribution < 1.29 is 23.8 Å². The SMILES string of the molecule is COCCNC(=O)[C@@H]1CC(=O)N(CCc2ccc(OC)c(OC)c2)C1. The Morgan fingerprint density at radius 1 is 1.24 bits per heavy atom. The predicted molar refractivity (Wildman–Crippen MR) is 92.8 cm³/mol. The zero-order valence-corrected chi connectivity index (χ0v) is 15.0. The molecule has 1 N–H and O–H groups in total. The van der Waals surface area contributed by atoms with Crippen LogP contribution in [0.5, 0.6) is 11.5 Å². The summed E-state index contributed by atoms with van der Waals surface area (Å²) < 4.78 is 15.4. The van der Waals surface area contributed by atoms with Crippen LogP contribution < -0.4 is 14.8 Å². The molecule has 0 aromatic heterocycles. The summed E-state index contributed by atoms with van der Waals surface area (Å²) in [6.07, 6.45) is 0.967. The number of hydrogen-bond donors (Lipinski definition) is 1. The Hall–Kier alpha value is -2.28. The molecule has 2 rings (SSSR count). The zero-order chi connectivity index (χ0) is 18.2. The van der Waals surface area contributed by atoms with Gasteiger partial charge in [-0.2, -0.15) is 0 Å². The molecule has 25 heavy (non-hydrogen) atoms. The number of carbonyl (C=O) groups excluding carboxylic acids is 2. The Kier molecular flexibility index (Phi) is 7.06. The van der Waals surface area contributed by atoms with E-state index in [1.165, 1.54) is 0 Å². The summed E-state index contributed by atoms with van der Waals surface area (Å²) in [6, 6.07) is 5.72. The minimum atomic E-state index is -0.283. The molecule has 1 heterocycles. The molecule has 7 nitrogen and oxygen atoms in total. The molecule has 1 aromatic carbocycles. The van der Waals surface area contributed by atoms with Crippen molar-refractivity contribution in [3.8, 4) is 11.5 Å². The fraction of sp³-hybridized carbons (Fsp3) is 0.556. The summed E-state index contributed by atoms with van der Waals surface area (Å²) in [5.41, 5.74) is 1.05. The fourth-order valence-electron chi connectivity index (χ4n) is 2.88. The van der Waals surface area contributed by atoms with Gasteiger partial charge < -0.3 is 24.4 Å². The minimum Gasteiger partial charge on any atom is -0.493 e. The highest BCUT2D eigenvalue weighted by atomic mass is 16.5. The van der Waals surface area contributed by atoms with Gasteiger partial charge in [-0.25, -0.2) is 0 Å². The highest BCUT2D eigenvalue weighted by Gasteiger charge is 2.33. The summed E-state index contributed by atoms with van der Waals surface area (Å²) in [5, 5.41) is 2.79. The fourth-order valence-corrected chi connectivity index (χ4v) is 2.88. The summed E-state index contributed by atoms with van der Waals surface area (Å²) in [6.45, 7) is 1.97. The van der Waals surface area contributed by atoms with Gasteiger partial charge in [-0.3, -0.25) is 9.59 Å². The van der Waals surface area contributed by atoms with Crippen LogP contribution in [-0.2, 0) is 20.7 Å². The van der Waals surface area contributed by atoms with Crippen LogP contribution >= 0.6 is 0 Å². The van der Waals surface area contributed by atoms with E-state index in [-0.39, 0.29) is 24.2 Å².